The van der Waals surface area contributed by atoms with Gasteiger partial charge in [-0.1, -0.05) is 0 Å². The Morgan fingerprint density at radius 1 is 1.00 bits per heavy atom. The lowest BCUT2D eigenvalue weighted by Gasteiger charge is -1.99. The molecule has 2 rings (SSSR count). The largest absolute Gasteiger partial charge is 0.497 e. The second-order valence-corrected chi connectivity index (χ2v) is 4.25. The van der Waals surface area contributed by atoms with E-state index in [4.69, 9.17) is 4.74 Å². The molecule has 0 aromatic heterocycles. The Hall–Kier alpha value is -3.29. The molecule has 0 aliphatic rings. The van der Waals surface area contributed by atoms with Gasteiger partial charge in [-0.2, -0.15) is 0 Å². The van der Waals surface area contributed by atoms with Gasteiger partial charge in [0.25, 0.3) is 11.4 Å². The highest BCUT2D eigenvalue weighted by Crippen LogP contribution is 2.27. The molecule has 112 valence electrons. The first-order valence-corrected chi connectivity index (χ1v) is 6.11. The standard InChI is InChI=1S/C14H11N3O5/c1-22-14-4-2-10(3-5-14)9-15-11-6-12(16(18)19)8-13(7-11)17(20)21/h2-9H,1H3. The monoisotopic (exact) mass is 301 g/mol. The van der Waals surface area contributed by atoms with Gasteiger partial charge in [0.1, 0.15) is 5.75 Å². The van der Waals surface area contributed by atoms with Crippen molar-refractivity contribution >= 4 is 23.3 Å². The van der Waals surface area contributed by atoms with Gasteiger partial charge in [0.05, 0.1) is 28.7 Å². The molecule has 22 heavy (non-hydrogen) atoms. The molecule has 2 aromatic rings. The zero-order chi connectivity index (χ0) is 16.1. The fourth-order valence-corrected chi connectivity index (χ4v) is 1.70. The number of nitro benzene ring substituents is 2. The van der Waals surface area contributed by atoms with Gasteiger partial charge in [0.2, 0.25) is 0 Å². The van der Waals surface area contributed by atoms with Gasteiger partial charge in [-0.3, -0.25) is 25.2 Å². The highest BCUT2D eigenvalue weighted by molar-refractivity contribution is 5.82. The highest BCUT2D eigenvalue weighted by Gasteiger charge is 2.15. The van der Waals surface area contributed by atoms with Gasteiger partial charge in [0.15, 0.2) is 0 Å². The molecule has 2 aromatic carbocycles. The number of methoxy groups -OCH3 is 1. The summed E-state index contributed by atoms with van der Waals surface area (Å²) in [6.07, 6.45) is 1.46. The Kier molecular flexibility index (Phi) is 4.42. The molecule has 0 N–H and O–H groups in total. The number of aliphatic imine (C=N–C) groups is 1. The van der Waals surface area contributed by atoms with E-state index in [0.717, 1.165) is 11.6 Å². The summed E-state index contributed by atoms with van der Waals surface area (Å²) in [6.45, 7) is 0. The van der Waals surface area contributed by atoms with E-state index in [1.165, 1.54) is 18.3 Å². The van der Waals surface area contributed by atoms with E-state index in [1.807, 2.05) is 0 Å². The van der Waals surface area contributed by atoms with Crippen LogP contribution in [-0.2, 0) is 0 Å². The quantitative estimate of drug-likeness (QED) is 0.478. The maximum absolute atomic E-state index is 10.8. The van der Waals surface area contributed by atoms with Crippen molar-refractivity contribution in [2.75, 3.05) is 7.11 Å². The molecule has 0 bridgehead atoms. The van der Waals surface area contributed by atoms with Crippen molar-refractivity contribution in [3.63, 3.8) is 0 Å². The van der Waals surface area contributed by atoms with Crippen molar-refractivity contribution in [2.45, 2.75) is 0 Å². The number of non-ortho nitro benzene ring substituents is 2. The second-order valence-electron chi connectivity index (χ2n) is 4.25. The van der Waals surface area contributed by atoms with E-state index < -0.39 is 9.85 Å². The number of hydrogen-bond acceptors (Lipinski definition) is 6. The van der Waals surface area contributed by atoms with Crippen LogP contribution >= 0.6 is 0 Å². The Morgan fingerprint density at radius 3 is 2.00 bits per heavy atom. The molecule has 0 saturated heterocycles. The number of ether oxygens (including phenoxy) is 1. The molecule has 8 nitrogen and oxygen atoms in total. The summed E-state index contributed by atoms with van der Waals surface area (Å²) in [6, 6.07) is 10.2. The molecule has 8 heteroatoms. The van der Waals surface area contributed by atoms with Crippen LogP contribution in [0, 0.1) is 20.2 Å². The number of nitrogens with zero attached hydrogens (tertiary/aromatic N) is 3. The number of nitro groups is 2. The average Bonchev–Trinajstić information content (AvgIpc) is 2.53. The lowest BCUT2D eigenvalue weighted by molar-refractivity contribution is -0.394. The van der Waals surface area contributed by atoms with Crippen LogP contribution in [0.15, 0.2) is 47.5 Å². The van der Waals surface area contributed by atoms with Crippen LogP contribution in [0.5, 0.6) is 5.75 Å². The third-order valence-corrected chi connectivity index (χ3v) is 2.79. The van der Waals surface area contributed by atoms with Crippen LogP contribution in [0.1, 0.15) is 5.56 Å². The SMILES string of the molecule is COc1ccc(C=Nc2cc([N+](=O)[O-])cc([N+](=O)[O-])c2)cc1. The zero-order valence-corrected chi connectivity index (χ0v) is 11.5. The van der Waals surface area contributed by atoms with E-state index in [2.05, 4.69) is 4.99 Å². The molecule has 0 atom stereocenters. The molecule has 0 unspecified atom stereocenters. The van der Waals surface area contributed by atoms with E-state index in [1.54, 1.807) is 31.4 Å². The van der Waals surface area contributed by atoms with Crippen molar-refractivity contribution in [3.8, 4) is 5.75 Å². The predicted octanol–water partition coefficient (Wildman–Crippen LogP) is 3.26. The maximum atomic E-state index is 10.8. The smallest absolute Gasteiger partial charge is 0.278 e. The van der Waals surface area contributed by atoms with Crippen LogP contribution in [0.25, 0.3) is 0 Å². The Morgan fingerprint density at radius 2 is 1.55 bits per heavy atom. The normalized spacial score (nSPS) is 10.6. The van der Waals surface area contributed by atoms with Gasteiger partial charge in [0, 0.05) is 18.3 Å². The minimum Gasteiger partial charge on any atom is -0.497 e. The highest BCUT2D eigenvalue weighted by atomic mass is 16.6. The fourth-order valence-electron chi connectivity index (χ4n) is 1.70. The summed E-state index contributed by atoms with van der Waals surface area (Å²) < 4.78 is 5.02. The van der Waals surface area contributed by atoms with Crippen molar-refractivity contribution in [2.24, 2.45) is 4.99 Å². The molecule has 0 amide bonds. The van der Waals surface area contributed by atoms with Gasteiger partial charge in [-0.05, 0) is 29.8 Å². The van der Waals surface area contributed by atoms with Crippen LogP contribution in [-0.4, -0.2) is 23.2 Å². The molecular formula is C14H11N3O5. The molecule has 0 heterocycles. The first kappa shape index (κ1) is 15.1. The van der Waals surface area contributed by atoms with Crippen LogP contribution in [0.3, 0.4) is 0 Å². The minimum absolute atomic E-state index is 0.136. The summed E-state index contributed by atoms with van der Waals surface area (Å²) in [5.41, 5.74) is 0.110. The lowest BCUT2D eigenvalue weighted by Crippen LogP contribution is -1.92. The van der Waals surface area contributed by atoms with Gasteiger partial charge in [-0.25, -0.2) is 0 Å². The number of hydrogen-bond donors (Lipinski definition) is 0. The van der Waals surface area contributed by atoms with E-state index in [0.29, 0.717) is 5.75 Å². The number of rotatable bonds is 5. The van der Waals surface area contributed by atoms with Crippen LogP contribution < -0.4 is 4.74 Å². The summed E-state index contributed by atoms with van der Waals surface area (Å²) in [5.74, 6) is 0.683. The van der Waals surface area contributed by atoms with Crippen molar-refractivity contribution in [3.05, 3.63) is 68.3 Å². The first-order valence-electron chi connectivity index (χ1n) is 6.11. The summed E-state index contributed by atoms with van der Waals surface area (Å²) in [7, 11) is 1.55. The lowest BCUT2D eigenvalue weighted by atomic mass is 10.2. The average molecular weight is 301 g/mol. The molecular weight excluding hydrogens is 290 g/mol. The third-order valence-electron chi connectivity index (χ3n) is 2.79. The van der Waals surface area contributed by atoms with Gasteiger partial charge >= 0.3 is 0 Å². The summed E-state index contributed by atoms with van der Waals surface area (Å²) >= 11 is 0. The maximum Gasteiger partial charge on any atom is 0.278 e. The Bertz CT molecular complexity index is 708. The van der Waals surface area contributed by atoms with Gasteiger partial charge < -0.3 is 4.74 Å². The summed E-state index contributed by atoms with van der Waals surface area (Å²) in [4.78, 5) is 24.2. The van der Waals surface area contributed by atoms with Gasteiger partial charge in [-0.15, -0.1) is 0 Å². The van der Waals surface area contributed by atoms with Crippen molar-refractivity contribution < 1.29 is 14.6 Å². The molecule has 0 fully saturated rings. The molecule has 0 aliphatic carbocycles. The first-order chi connectivity index (χ1) is 10.5. The van der Waals surface area contributed by atoms with E-state index in [9.17, 15) is 20.2 Å². The number of benzene rings is 2. The Balaban J connectivity index is 2.32. The molecule has 0 aliphatic heterocycles. The molecule has 0 spiro atoms. The topological polar surface area (TPSA) is 108 Å². The van der Waals surface area contributed by atoms with E-state index in [-0.39, 0.29) is 17.1 Å². The summed E-state index contributed by atoms with van der Waals surface area (Å²) in [5, 5.41) is 21.6. The van der Waals surface area contributed by atoms with Crippen molar-refractivity contribution in [1.29, 1.82) is 0 Å². The predicted molar refractivity (Wildman–Crippen MR) is 80.0 cm³/mol. The Labute approximate surface area is 125 Å². The van der Waals surface area contributed by atoms with Crippen LogP contribution in [0.4, 0.5) is 17.1 Å². The van der Waals surface area contributed by atoms with E-state index >= 15 is 0 Å². The fraction of sp³-hybridized carbons (Fsp3) is 0.0714. The second kappa shape index (κ2) is 6.44. The third kappa shape index (κ3) is 3.63. The molecule has 0 radical (unpaired) electrons. The molecule has 0 saturated carbocycles. The van der Waals surface area contributed by atoms with Crippen LogP contribution in [0.2, 0.25) is 0 Å². The van der Waals surface area contributed by atoms with Crippen molar-refractivity contribution in [1.82, 2.24) is 0 Å². The minimum atomic E-state index is -0.695. The zero-order valence-electron chi connectivity index (χ0n) is 11.5.